The minimum atomic E-state index is 0.380. The Morgan fingerprint density at radius 2 is 1.72 bits per heavy atom. The van der Waals surface area contributed by atoms with Crippen LogP contribution in [0.1, 0.15) is 28.4 Å². The van der Waals surface area contributed by atoms with Crippen molar-refractivity contribution in [1.29, 1.82) is 0 Å². The molecule has 0 amide bonds. The lowest BCUT2D eigenvalue weighted by Gasteiger charge is -2.08. The van der Waals surface area contributed by atoms with Crippen molar-refractivity contribution < 1.29 is 4.52 Å². The molecule has 0 saturated carbocycles. The monoisotopic (exact) mass is 266 g/mol. The standard InChI is InChI=1S/C12H15ClN4O/c1-6-7(2)16-12(11(13)15-6)14-5-10-8(3)17-18-9(10)4/h5H2,1-4H3,(H,14,16). The van der Waals surface area contributed by atoms with E-state index in [0.29, 0.717) is 17.5 Å². The Kier molecular flexibility index (Phi) is 3.52. The molecule has 0 radical (unpaired) electrons. The Bertz CT molecular complexity index is 560. The van der Waals surface area contributed by atoms with Crippen LogP contribution in [-0.2, 0) is 6.54 Å². The third-order valence-corrected chi connectivity index (χ3v) is 3.14. The van der Waals surface area contributed by atoms with E-state index in [1.54, 1.807) is 0 Å². The number of rotatable bonds is 3. The van der Waals surface area contributed by atoms with Gasteiger partial charge in [-0.15, -0.1) is 0 Å². The fourth-order valence-electron chi connectivity index (χ4n) is 1.61. The van der Waals surface area contributed by atoms with Gasteiger partial charge in [0.15, 0.2) is 11.0 Å². The van der Waals surface area contributed by atoms with Gasteiger partial charge in [-0.1, -0.05) is 16.8 Å². The van der Waals surface area contributed by atoms with Crippen molar-refractivity contribution in [2.45, 2.75) is 34.2 Å². The van der Waals surface area contributed by atoms with Crippen LogP contribution in [0.4, 0.5) is 5.82 Å². The average molecular weight is 267 g/mol. The first kappa shape index (κ1) is 12.8. The van der Waals surface area contributed by atoms with E-state index >= 15 is 0 Å². The average Bonchev–Trinajstić information content (AvgIpc) is 2.62. The third kappa shape index (κ3) is 2.46. The smallest absolute Gasteiger partial charge is 0.171 e. The number of aryl methyl sites for hydroxylation is 4. The Balaban J connectivity index is 2.18. The number of nitrogens with zero attached hydrogens (tertiary/aromatic N) is 3. The first-order valence-corrected chi connectivity index (χ1v) is 6.03. The molecule has 0 fully saturated rings. The molecule has 5 nitrogen and oxygen atoms in total. The van der Waals surface area contributed by atoms with E-state index < -0.39 is 0 Å². The number of hydrogen-bond donors (Lipinski definition) is 1. The maximum atomic E-state index is 6.05. The van der Waals surface area contributed by atoms with Crippen molar-refractivity contribution in [3.05, 3.63) is 33.6 Å². The van der Waals surface area contributed by atoms with Gasteiger partial charge in [0.1, 0.15) is 5.76 Å². The SMILES string of the molecule is Cc1nc(Cl)c(NCc2c(C)noc2C)nc1C. The highest BCUT2D eigenvalue weighted by Crippen LogP contribution is 2.20. The highest BCUT2D eigenvalue weighted by atomic mass is 35.5. The number of aromatic nitrogens is 3. The van der Waals surface area contributed by atoms with Crippen molar-refractivity contribution in [2.24, 2.45) is 0 Å². The molecule has 2 rings (SSSR count). The molecule has 0 saturated heterocycles. The molecule has 0 aliphatic carbocycles. The van der Waals surface area contributed by atoms with Gasteiger partial charge in [0.2, 0.25) is 0 Å². The van der Waals surface area contributed by atoms with Gasteiger partial charge in [0.05, 0.1) is 17.1 Å². The summed E-state index contributed by atoms with van der Waals surface area (Å²) in [6, 6.07) is 0. The van der Waals surface area contributed by atoms with Crippen molar-refractivity contribution in [1.82, 2.24) is 15.1 Å². The minimum absolute atomic E-state index is 0.380. The lowest BCUT2D eigenvalue weighted by atomic mass is 10.2. The molecule has 0 atom stereocenters. The fraction of sp³-hybridized carbons (Fsp3) is 0.417. The van der Waals surface area contributed by atoms with Crippen molar-refractivity contribution in [3.8, 4) is 0 Å². The molecule has 2 aromatic rings. The highest BCUT2D eigenvalue weighted by Gasteiger charge is 2.11. The van der Waals surface area contributed by atoms with Crippen LogP contribution >= 0.6 is 11.6 Å². The van der Waals surface area contributed by atoms with Gasteiger partial charge in [-0.05, 0) is 27.7 Å². The maximum Gasteiger partial charge on any atom is 0.171 e. The van der Waals surface area contributed by atoms with Gasteiger partial charge < -0.3 is 9.84 Å². The van der Waals surface area contributed by atoms with Crippen LogP contribution in [0.15, 0.2) is 4.52 Å². The topological polar surface area (TPSA) is 63.8 Å². The van der Waals surface area contributed by atoms with Crippen LogP contribution in [0.3, 0.4) is 0 Å². The predicted octanol–water partition coefficient (Wildman–Crippen LogP) is 2.96. The molecule has 0 aliphatic heterocycles. The third-order valence-electron chi connectivity index (χ3n) is 2.88. The molecule has 18 heavy (non-hydrogen) atoms. The van der Waals surface area contributed by atoms with Crippen LogP contribution in [-0.4, -0.2) is 15.1 Å². The van der Waals surface area contributed by atoms with Gasteiger partial charge in [-0.25, -0.2) is 9.97 Å². The Morgan fingerprint density at radius 1 is 1.06 bits per heavy atom. The lowest BCUT2D eigenvalue weighted by Crippen LogP contribution is -2.06. The zero-order valence-electron chi connectivity index (χ0n) is 10.8. The van der Waals surface area contributed by atoms with E-state index in [2.05, 4.69) is 20.4 Å². The first-order valence-electron chi connectivity index (χ1n) is 5.65. The summed E-state index contributed by atoms with van der Waals surface area (Å²) in [6.07, 6.45) is 0. The normalized spacial score (nSPS) is 10.7. The molecule has 6 heteroatoms. The number of halogens is 1. The summed E-state index contributed by atoms with van der Waals surface area (Å²) in [6.45, 7) is 8.13. The number of hydrogen-bond acceptors (Lipinski definition) is 5. The Labute approximate surface area is 111 Å². The zero-order valence-corrected chi connectivity index (χ0v) is 11.6. The predicted molar refractivity (Wildman–Crippen MR) is 69.8 cm³/mol. The number of nitrogens with one attached hydrogen (secondary N) is 1. The fourth-order valence-corrected chi connectivity index (χ4v) is 1.85. The van der Waals surface area contributed by atoms with Crippen molar-refractivity contribution in [3.63, 3.8) is 0 Å². The van der Waals surface area contributed by atoms with Gasteiger partial charge >= 0.3 is 0 Å². The largest absolute Gasteiger partial charge is 0.363 e. The van der Waals surface area contributed by atoms with Crippen LogP contribution in [0.2, 0.25) is 5.15 Å². The summed E-state index contributed by atoms with van der Waals surface area (Å²) in [4.78, 5) is 8.59. The maximum absolute atomic E-state index is 6.05. The Hall–Kier alpha value is -1.62. The van der Waals surface area contributed by atoms with Gasteiger partial charge in [-0.3, -0.25) is 0 Å². The number of anilines is 1. The molecule has 0 spiro atoms. The summed E-state index contributed by atoms with van der Waals surface area (Å²) < 4.78 is 5.10. The van der Waals surface area contributed by atoms with Crippen LogP contribution in [0.5, 0.6) is 0 Å². The molecule has 0 unspecified atom stereocenters. The summed E-state index contributed by atoms with van der Waals surface area (Å²) in [5, 5.41) is 7.44. The highest BCUT2D eigenvalue weighted by molar-refractivity contribution is 6.31. The summed E-state index contributed by atoms with van der Waals surface area (Å²) in [5.41, 5.74) is 3.59. The zero-order chi connectivity index (χ0) is 13.3. The van der Waals surface area contributed by atoms with E-state index in [1.165, 1.54) is 0 Å². The second kappa shape index (κ2) is 4.94. The van der Waals surface area contributed by atoms with Crippen molar-refractivity contribution >= 4 is 17.4 Å². The summed E-state index contributed by atoms with van der Waals surface area (Å²) in [7, 11) is 0. The lowest BCUT2D eigenvalue weighted by molar-refractivity contribution is 0.392. The van der Waals surface area contributed by atoms with Crippen LogP contribution in [0.25, 0.3) is 0 Å². The minimum Gasteiger partial charge on any atom is -0.363 e. The molecule has 0 bridgehead atoms. The molecular formula is C12H15ClN4O. The van der Waals surface area contributed by atoms with E-state index in [9.17, 15) is 0 Å². The van der Waals surface area contributed by atoms with Crippen LogP contribution < -0.4 is 5.32 Å². The van der Waals surface area contributed by atoms with E-state index in [4.69, 9.17) is 16.1 Å². The summed E-state index contributed by atoms with van der Waals surface area (Å²) in [5.74, 6) is 1.38. The quantitative estimate of drug-likeness (QED) is 0.925. The van der Waals surface area contributed by atoms with Gasteiger partial charge in [0.25, 0.3) is 0 Å². The van der Waals surface area contributed by atoms with Crippen LogP contribution in [0, 0.1) is 27.7 Å². The molecule has 2 aromatic heterocycles. The first-order chi connectivity index (χ1) is 8.49. The van der Waals surface area contributed by atoms with Crippen molar-refractivity contribution in [2.75, 3.05) is 5.32 Å². The Morgan fingerprint density at radius 3 is 2.33 bits per heavy atom. The molecule has 2 heterocycles. The summed E-state index contributed by atoms with van der Waals surface area (Å²) >= 11 is 6.05. The van der Waals surface area contributed by atoms with E-state index in [0.717, 1.165) is 28.4 Å². The molecular weight excluding hydrogens is 252 g/mol. The van der Waals surface area contributed by atoms with E-state index in [1.807, 2.05) is 27.7 Å². The van der Waals surface area contributed by atoms with Gasteiger partial charge in [-0.2, -0.15) is 0 Å². The molecule has 1 N–H and O–H groups in total. The molecule has 96 valence electrons. The molecule has 0 aliphatic rings. The molecule has 0 aromatic carbocycles. The second-order valence-corrected chi connectivity index (χ2v) is 4.55. The van der Waals surface area contributed by atoms with E-state index in [-0.39, 0.29) is 0 Å². The van der Waals surface area contributed by atoms with Gasteiger partial charge in [0, 0.05) is 12.1 Å². The second-order valence-electron chi connectivity index (χ2n) is 4.19.